The fourth-order valence-corrected chi connectivity index (χ4v) is 5.63. The van der Waals surface area contributed by atoms with Gasteiger partial charge in [-0.05, 0) is 37.7 Å². The Morgan fingerprint density at radius 1 is 1.29 bits per heavy atom. The number of amides is 1. The van der Waals surface area contributed by atoms with E-state index >= 15 is 0 Å². The molecule has 0 bridgehead atoms. The highest BCUT2D eigenvalue weighted by Crippen LogP contribution is 2.37. The van der Waals surface area contributed by atoms with Gasteiger partial charge in [-0.15, -0.1) is 11.3 Å². The minimum Gasteiger partial charge on any atom is -0.334 e. The van der Waals surface area contributed by atoms with Gasteiger partial charge in [-0.2, -0.15) is 5.26 Å². The van der Waals surface area contributed by atoms with E-state index in [9.17, 15) is 10.1 Å². The number of fused-ring (bicyclic) bond motifs is 1. The maximum absolute atomic E-state index is 12.4. The molecule has 3 rings (SSSR count). The zero-order valence-electron chi connectivity index (χ0n) is 14.8. The average Bonchev–Trinajstić information content (AvgIpc) is 2.89. The predicted molar refractivity (Wildman–Crippen MR) is 97.4 cm³/mol. The number of piperidine rings is 1. The fraction of sp³-hybridized carbons (Fsp3) is 0.684. The van der Waals surface area contributed by atoms with E-state index in [2.05, 4.69) is 25.2 Å². The van der Waals surface area contributed by atoms with Gasteiger partial charge in [0.25, 0.3) is 0 Å². The first-order valence-corrected chi connectivity index (χ1v) is 10.1. The lowest BCUT2D eigenvalue weighted by molar-refractivity contribution is -0.911. The Balaban J connectivity index is 1.57. The second-order valence-corrected chi connectivity index (χ2v) is 8.78. The number of aryl methyl sites for hydroxylation is 1. The molecule has 5 heteroatoms. The molecular formula is C19H28N3OS+. The van der Waals surface area contributed by atoms with E-state index < -0.39 is 0 Å². The van der Waals surface area contributed by atoms with E-state index in [0.717, 1.165) is 48.2 Å². The van der Waals surface area contributed by atoms with Crippen LogP contribution in [0.3, 0.4) is 0 Å². The van der Waals surface area contributed by atoms with Crippen molar-refractivity contribution in [2.75, 3.05) is 25.0 Å². The highest BCUT2D eigenvalue weighted by molar-refractivity contribution is 7.16. The number of hydrogen-bond donors (Lipinski definition) is 2. The molecule has 2 atom stereocenters. The van der Waals surface area contributed by atoms with Gasteiger partial charge in [0, 0.05) is 16.7 Å². The van der Waals surface area contributed by atoms with Gasteiger partial charge in [0.1, 0.15) is 11.1 Å². The Bertz CT molecular complexity index is 636. The van der Waals surface area contributed by atoms with Gasteiger partial charge in [0.2, 0.25) is 5.91 Å². The van der Waals surface area contributed by atoms with E-state index in [0.29, 0.717) is 6.42 Å². The molecule has 1 aromatic heterocycles. The summed E-state index contributed by atoms with van der Waals surface area (Å²) in [5, 5.41) is 13.3. The monoisotopic (exact) mass is 346 g/mol. The standard InChI is InChI=1S/C19H27N3OS/c1-13-9-14(2)12-22(11-13)8-7-18(23)21-19-16(10-20)15-5-3-4-6-17(15)24-19/h13-14H,3-9,11-12H2,1-2H3,(H,21,23)/p+1/t13-,14-/m1/s1. The summed E-state index contributed by atoms with van der Waals surface area (Å²) in [4.78, 5) is 15.2. The molecule has 1 amide bonds. The summed E-state index contributed by atoms with van der Waals surface area (Å²) in [6.45, 7) is 7.87. The number of quaternary nitrogens is 1. The van der Waals surface area contributed by atoms with Crippen LogP contribution in [0.2, 0.25) is 0 Å². The first-order chi connectivity index (χ1) is 11.6. The summed E-state index contributed by atoms with van der Waals surface area (Å²) < 4.78 is 0. The largest absolute Gasteiger partial charge is 0.334 e. The first kappa shape index (κ1) is 17.4. The molecule has 2 aliphatic rings. The van der Waals surface area contributed by atoms with Crippen LogP contribution in [0.5, 0.6) is 0 Å². The second-order valence-electron chi connectivity index (χ2n) is 7.68. The Morgan fingerprint density at radius 2 is 2.00 bits per heavy atom. The summed E-state index contributed by atoms with van der Waals surface area (Å²) in [5.74, 6) is 1.56. The summed E-state index contributed by atoms with van der Waals surface area (Å²) in [7, 11) is 0. The third kappa shape index (κ3) is 3.99. The molecule has 130 valence electrons. The molecule has 0 aromatic carbocycles. The lowest BCUT2D eigenvalue weighted by Gasteiger charge is -2.31. The highest BCUT2D eigenvalue weighted by atomic mass is 32.1. The van der Waals surface area contributed by atoms with E-state index in [4.69, 9.17) is 0 Å². The average molecular weight is 347 g/mol. The van der Waals surface area contributed by atoms with Crippen molar-refractivity contribution >= 4 is 22.2 Å². The summed E-state index contributed by atoms with van der Waals surface area (Å²) >= 11 is 1.62. The number of nitriles is 1. The third-order valence-corrected chi connectivity index (χ3v) is 6.53. The highest BCUT2D eigenvalue weighted by Gasteiger charge is 2.26. The van der Waals surface area contributed by atoms with Crippen molar-refractivity contribution in [3.8, 4) is 6.07 Å². The van der Waals surface area contributed by atoms with E-state index in [1.54, 1.807) is 16.2 Å². The van der Waals surface area contributed by atoms with Crippen LogP contribution in [0.25, 0.3) is 0 Å². The van der Waals surface area contributed by atoms with Crippen molar-refractivity contribution < 1.29 is 9.69 Å². The zero-order chi connectivity index (χ0) is 17.1. The topological polar surface area (TPSA) is 57.3 Å². The third-order valence-electron chi connectivity index (χ3n) is 5.32. The van der Waals surface area contributed by atoms with E-state index in [-0.39, 0.29) is 5.91 Å². The smallest absolute Gasteiger partial charge is 0.230 e. The SMILES string of the molecule is C[C@@H]1C[C@@H](C)C[NH+](CCC(=O)Nc2sc3c(c2C#N)CCCC3)C1. The number of carbonyl (C=O) groups excluding carboxylic acids is 1. The van der Waals surface area contributed by atoms with Gasteiger partial charge < -0.3 is 10.2 Å². The van der Waals surface area contributed by atoms with Crippen molar-refractivity contribution in [2.24, 2.45) is 11.8 Å². The van der Waals surface area contributed by atoms with Crippen molar-refractivity contribution in [2.45, 2.75) is 52.4 Å². The fourth-order valence-electron chi connectivity index (χ4n) is 4.38. The Morgan fingerprint density at radius 3 is 2.71 bits per heavy atom. The minimum absolute atomic E-state index is 0.0588. The number of rotatable bonds is 4. The Kier molecular flexibility index (Phi) is 5.57. The lowest BCUT2D eigenvalue weighted by Crippen LogP contribution is -3.14. The number of nitrogens with zero attached hydrogens (tertiary/aromatic N) is 1. The van der Waals surface area contributed by atoms with Gasteiger partial charge in [-0.25, -0.2) is 0 Å². The summed E-state index contributed by atoms with van der Waals surface area (Å²) in [5.41, 5.74) is 1.91. The van der Waals surface area contributed by atoms with Gasteiger partial charge in [-0.1, -0.05) is 13.8 Å². The molecule has 1 fully saturated rings. The lowest BCUT2D eigenvalue weighted by atomic mass is 9.92. The van der Waals surface area contributed by atoms with Crippen LogP contribution in [-0.2, 0) is 17.6 Å². The number of nitrogens with one attached hydrogen (secondary N) is 2. The van der Waals surface area contributed by atoms with Crippen molar-refractivity contribution in [3.63, 3.8) is 0 Å². The molecule has 1 saturated heterocycles. The van der Waals surface area contributed by atoms with Crippen LogP contribution in [0, 0.1) is 23.2 Å². The first-order valence-electron chi connectivity index (χ1n) is 9.24. The van der Waals surface area contributed by atoms with E-state index in [1.807, 2.05) is 0 Å². The molecule has 0 saturated carbocycles. The van der Waals surface area contributed by atoms with Crippen molar-refractivity contribution in [1.82, 2.24) is 0 Å². The van der Waals surface area contributed by atoms with Gasteiger partial charge >= 0.3 is 0 Å². The number of thiophene rings is 1. The van der Waals surface area contributed by atoms with Crippen LogP contribution in [-0.4, -0.2) is 25.5 Å². The van der Waals surface area contributed by atoms with Gasteiger partial charge in [0.05, 0.1) is 31.6 Å². The normalized spacial score (nSPS) is 26.5. The molecular weight excluding hydrogens is 318 g/mol. The van der Waals surface area contributed by atoms with Crippen molar-refractivity contribution in [1.29, 1.82) is 5.26 Å². The molecule has 24 heavy (non-hydrogen) atoms. The van der Waals surface area contributed by atoms with Crippen LogP contribution < -0.4 is 10.2 Å². The zero-order valence-corrected chi connectivity index (χ0v) is 15.6. The molecule has 2 heterocycles. The van der Waals surface area contributed by atoms with Gasteiger partial charge in [0.15, 0.2) is 0 Å². The van der Waals surface area contributed by atoms with Gasteiger partial charge in [-0.3, -0.25) is 4.79 Å². The predicted octanol–water partition coefficient (Wildman–Crippen LogP) is 2.39. The van der Waals surface area contributed by atoms with Crippen LogP contribution in [0.15, 0.2) is 0 Å². The van der Waals surface area contributed by atoms with Crippen molar-refractivity contribution in [3.05, 3.63) is 16.0 Å². The maximum atomic E-state index is 12.4. The summed E-state index contributed by atoms with van der Waals surface area (Å²) in [6, 6.07) is 2.32. The van der Waals surface area contributed by atoms with Crippen LogP contribution >= 0.6 is 11.3 Å². The summed E-state index contributed by atoms with van der Waals surface area (Å²) in [6.07, 6.45) is 6.24. The number of carbonyl (C=O) groups is 1. The Labute approximate surface area is 148 Å². The van der Waals surface area contributed by atoms with Crippen LogP contribution in [0.1, 0.15) is 55.5 Å². The number of anilines is 1. The molecule has 0 radical (unpaired) electrons. The quantitative estimate of drug-likeness (QED) is 0.879. The molecule has 0 spiro atoms. The number of likely N-dealkylation sites (tertiary alicyclic amines) is 1. The number of hydrogen-bond acceptors (Lipinski definition) is 3. The molecule has 1 aliphatic heterocycles. The molecule has 2 N–H and O–H groups in total. The van der Waals surface area contributed by atoms with E-state index in [1.165, 1.54) is 36.4 Å². The molecule has 1 aliphatic carbocycles. The Hall–Kier alpha value is -1.38. The van der Waals surface area contributed by atoms with Crippen LogP contribution in [0.4, 0.5) is 5.00 Å². The molecule has 4 nitrogen and oxygen atoms in total. The molecule has 1 aromatic rings. The minimum atomic E-state index is 0.0588. The second kappa shape index (κ2) is 7.67. The molecule has 0 unspecified atom stereocenters. The maximum Gasteiger partial charge on any atom is 0.230 e.